The standard InChI is InChI=1S/C24H30N2O2P2S/c1-5-16(3)15-31-17(4)25-21(6-2)20-12-7-8-13-22(20)26-23(27)18-10-9-11-19(14-18)28-24(29)30/h6-15,24H,5,29-30H2,1-4H3,(H,26,27)/b16-15+,21-6-,25-17?. The Bertz CT molecular complexity index is 1000. The zero-order chi connectivity index (χ0) is 22.8. The molecule has 0 heterocycles. The fraction of sp³-hybridized carbons (Fsp3) is 0.250. The third kappa shape index (κ3) is 8.26. The van der Waals surface area contributed by atoms with Crippen LogP contribution in [0, 0.1) is 0 Å². The zero-order valence-electron chi connectivity index (χ0n) is 18.4. The Hall–Kier alpha value is -1.93. The molecule has 0 radical (unpaired) electrons. The average molecular weight is 473 g/mol. The number of carbonyl (C=O) groups excluding carboxylic acids is 1. The predicted molar refractivity (Wildman–Crippen MR) is 143 cm³/mol. The summed E-state index contributed by atoms with van der Waals surface area (Å²) in [5.41, 5.74) is 4.12. The highest BCUT2D eigenvalue weighted by Gasteiger charge is 2.12. The van der Waals surface area contributed by atoms with Gasteiger partial charge in [-0.05, 0) is 56.9 Å². The lowest BCUT2D eigenvalue weighted by Gasteiger charge is -2.13. The van der Waals surface area contributed by atoms with Crippen molar-refractivity contribution in [3.8, 4) is 5.75 Å². The number of carbonyl (C=O) groups is 1. The molecular formula is C24H30N2O2P2S. The molecule has 2 rings (SSSR count). The third-order valence-corrected chi connectivity index (χ3v) is 5.58. The van der Waals surface area contributed by atoms with Gasteiger partial charge in [0.05, 0.1) is 16.4 Å². The van der Waals surface area contributed by atoms with Gasteiger partial charge in [0.2, 0.25) is 0 Å². The highest BCUT2D eigenvalue weighted by atomic mass is 32.2. The molecule has 0 aliphatic carbocycles. The van der Waals surface area contributed by atoms with Crippen LogP contribution in [0.1, 0.15) is 50.0 Å². The minimum atomic E-state index is -0.200. The molecule has 2 atom stereocenters. The molecule has 31 heavy (non-hydrogen) atoms. The van der Waals surface area contributed by atoms with Gasteiger partial charge >= 0.3 is 0 Å². The molecule has 1 amide bonds. The van der Waals surface area contributed by atoms with E-state index in [2.05, 4.69) is 43.1 Å². The van der Waals surface area contributed by atoms with Crippen LogP contribution in [0.2, 0.25) is 0 Å². The zero-order valence-corrected chi connectivity index (χ0v) is 21.5. The summed E-state index contributed by atoms with van der Waals surface area (Å²) in [7, 11) is 5.09. The lowest BCUT2D eigenvalue weighted by Crippen LogP contribution is -2.13. The van der Waals surface area contributed by atoms with Gasteiger partial charge in [0.25, 0.3) is 5.91 Å². The molecule has 7 heteroatoms. The van der Waals surface area contributed by atoms with Crippen LogP contribution < -0.4 is 10.1 Å². The number of amides is 1. The molecule has 4 nitrogen and oxygen atoms in total. The second kappa shape index (κ2) is 12.8. The van der Waals surface area contributed by atoms with Gasteiger partial charge in [0.15, 0.2) is 0 Å². The second-order valence-corrected chi connectivity index (χ2v) is 10.00. The maximum absolute atomic E-state index is 12.9. The Morgan fingerprint density at radius 3 is 2.61 bits per heavy atom. The van der Waals surface area contributed by atoms with Crippen LogP contribution in [0.3, 0.4) is 0 Å². The van der Waals surface area contributed by atoms with Crippen molar-refractivity contribution in [2.45, 2.75) is 39.7 Å². The Morgan fingerprint density at radius 2 is 1.94 bits per heavy atom. The summed E-state index contributed by atoms with van der Waals surface area (Å²) in [6.07, 6.45) is 2.98. The summed E-state index contributed by atoms with van der Waals surface area (Å²) in [4.78, 5) is 17.7. The number of anilines is 1. The van der Waals surface area contributed by atoms with Crippen molar-refractivity contribution >= 4 is 52.6 Å². The number of rotatable bonds is 8. The normalized spacial score (nSPS) is 12.8. The van der Waals surface area contributed by atoms with Gasteiger partial charge in [-0.1, -0.05) is 73.1 Å². The van der Waals surface area contributed by atoms with Gasteiger partial charge in [-0.3, -0.25) is 4.79 Å². The van der Waals surface area contributed by atoms with Gasteiger partial charge in [0.1, 0.15) is 11.3 Å². The summed E-state index contributed by atoms with van der Waals surface area (Å²) in [6, 6.07) is 14.8. The Morgan fingerprint density at radius 1 is 1.19 bits per heavy atom. The summed E-state index contributed by atoms with van der Waals surface area (Å²) >= 11 is 1.61. The van der Waals surface area contributed by atoms with E-state index in [4.69, 9.17) is 9.73 Å². The highest BCUT2D eigenvalue weighted by Crippen LogP contribution is 2.27. The largest absolute Gasteiger partial charge is 0.483 e. The molecule has 0 spiro atoms. The van der Waals surface area contributed by atoms with Crippen molar-refractivity contribution in [2.24, 2.45) is 4.99 Å². The van der Waals surface area contributed by atoms with Crippen molar-refractivity contribution < 1.29 is 9.53 Å². The third-order valence-electron chi connectivity index (χ3n) is 4.36. The topological polar surface area (TPSA) is 50.7 Å². The highest BCUT2D eigenvalue weighted by molar-refractivity contribution is 8.16. The van der Waals surface area contributed by atoms with Gasteiger partial charge in [-0.2, -0.15) is 0 Å². The van der Waals surface area contributed by atoms with E-state index in [-0.39, 0.29) is 11.5 Å². The van der Waals surface area contributed by atoms with Crippen LogP contribution in [-0.2, 0) is 0 Å². The molecule has 1 N–H and O–H groups in total. The minimum Gasteiger partial charge on any atom is -0.483 e. The van der Waals surface area contributed by atoms with Gasteiger partial charge in [0, 0.05) is 11.1 Å². The number of aliphatic imine (C=N–C) groups is 1. The Labute approximate surface area is 194 Å². The first-order chi connectivity index (χ1) is 14.8. The first-order valence-electron chi connectivity index (χ1n) is 10.1. The molecule has 0 aromatic heterocycles. The number of hydrogen-bond acceptors (Lipinski definition) is 4. The summed E-state index contributed by atoms with van der Waals surface area (Å²) in [5, 5.41) is 6.09. The molecule has 0 saturated heterocycles. The average Bonchev–Trinajstić information content (AvgIpc) is 2.76. The number of thioether (sulfide) groups is 1. The smallest absolute Gasteiger partial charge is 0.255 e. The number of benzene rings is 2. The molecule has 2 aromatic carbocycles. The van der Waals surface area contributed by atoms with Gasteiger partial charge < -0.3 is 10.1 Å². The summed E-state index contributed by atoms with van der Waals surface area (Å²) in [6.45, 7) is 8.19. The quantitative estimate of drug-likeness (QED) is 0.252. The predicted octanol–water partition coefficient (Wildman–Crippen LogP) is 7.18. The number of allylic oxidation sites excluding steroid dienone is 2. The van der Waals surface area contributed by atoms with Crippen molar-refractivity contribution in [3.63, 3.8) is 0 Å². The van der Waals surface area contributed by atoms with Crippen LogP contribution in [0.15, 0.2) is 70.6 Å². The van der Waals surface area contributed by atoms with Crippen molar-refractivity contribution in [1.29, 1.82) is 0 Å². The maximum atomic E-state index is 12.9. The first-order valence-corrected chi connectivity index (χ1v) is 12.3. The van der Waals surface area contributed by atoms with Crippen LogP contribution in [-0.4, -0.2) is 16.5 Å². The number of hydrogen-bond donors (Lipinski definition) is 1. The van der Waals surface area contributed by atoms with E-state index in [0.29, 0.717) is 17.0 Å². The lowest BCUT2D eigenvalue weighted by atomic mass is 10.1. The fourth-order valence-electron chi connectivity index (χ4n) is 2.62. The molecule has 0 saturated carbocycles. The van der Waals surface area contributed by atoms with Gasteiger partial charge in [-0.15, -0.1) is 0 Å². The van der Waals surface area contributed by atoms with E-state index < -0.39 is 0 Å². The van der Waals surface area contributed by atoms with Crippen LogP contribution in [0.4, 0.5) is 5.69 Å². The van der Waals surface area contributed by atoms with E-state index in [9.17, 15) is 4.79 Å². The molecule has 0 bridgehead atoms. The van der Waals surface area contributed by atoms with Crippen LogP contribution in [0.25, 0.3) is 5.70 Å². The van der Waals surface area contributed by atoms with Crippen molar-refractivity contribution in [2.75, 3.05) is 5.32 Å². The lowest BCUT2D eigenvalue weighted by molar-refractivity contribution is 0.102. The Kier molecular flexibility index (Phi) is 10.5. The van der Waals surface area contributed by atoms with Crippen LogP contribution >= 0.6 is 30.2 Å². The van der Waals surface area contributed by atoms with Crippen molar-refractivity contribution in [1.82, 2.24) is 0 Å². The summed E-state index contributed by atoms with van der Waals surface area (Å²) in [5.74, 6) is 0.437. The molecule has 0 aliphatic rings. The molecule has 2 unspecified atom stereocenters. The van der Waals surface area contributed by atoms with E-state index in [1.54, 1.807) is 23.9 Å². The first kappa shape index (κ1) is 25.3. The second-order valence-electron chi connectivity index (χ2n) is 6.85. The van der Waals surface area contributed by atoms with Crippen molar-refractivity contribution in [3.05, 3.63) is 76.7 Å². The SMILES string of the molecule is C/C=C(\N=C(C)S/C=C(\C)CC)c1ccccc1NC(=O)c1cccc(OC(P)P)c1. The minimum absolute atomic E-state index is 0.119. The monoisotopic (exact) mass is 472 g/mol. The van der Waals surface area contributed by atoms with E-state index >= 15 is 0 Å². The number of nitrogens with one attached hydrogen (secondary N) is 1. The fourth-order valence-corrected chi connectivity index (χ4v) is 3.63. The van der Waals surface area contributed by atoms with Crippen LogP contribution in [0.5, 0.6) is 5.75 Å². The summed E-state index contributed by atoms with van der Waals surface area (Å²) < 4.78 is 5.64. The Balaban J connectivity index is 2.26. The number of ether oxygens (including phenoxy) is 1. The molecular weight excluding hydrogens is 442 g/mol. The molecule has 164 valence electrons. The molecule has 2 aromatic rings. The molecule has 0 fully saturated rings. The molecule has 0 aliphatic heterocycles. The number of nitrogens with zero attached hydrogens (tertiary/aromatic N) is 1. The maximum Gasteiger partial charge on any atom is 0.255 e. The van der Waals surface area contributed by atoms with E-state index in [0.717, 1.165) is 22.7 Å². The van der Waals surface area contributed by atoms with Gasteiger partial charge in [-0.25, -0.2) is 4.99 Å². The van der Waals surface area contributed by atoms with E-state index in [1.165, 1.54) is 5.57 Å². The van der Waals surface area contributed by atoms with E-state index in [1.807, 2.05) is 56.3 Å². The number of para-hydroxylation sites is 1.